The van der Waals surface area contributed by atoms with Crippen LogP contribution in [0.4, 0.5) is 5.00 Å². The van der Waals surface area contributed by atoms with Crippen LogP contribution in [0.25, 0.3) is 10.4 Å². The number of alkyl halides is 1. The highest BCUT2D eigenvalue weighted by Crippen LogP contribution is 2.35. The maximum Gasteiger partial charge on any atom is 0.251 e. The van der Waals surface area contributed by atoms with Gasteiger partial charge in [-0.2, -0.15) is 0 Å². The van der Waals surface area contributed by atoms with Crippen molar-refractivity contribution in [3.8, 4) is 10.4 Å². The zero-order valence-electron chi connectivity index (χ0n) is 10.7. The van der Waals surface area contributed by atoms with Gasteiger partial charge in [0.05, 0.1) is 5.56 Å². The quantitative estimate of drug-likeness (QED) is 0.852. The number of anilines is 1. The van der Waals surface area contributed by atoms with Crippen LogP contribution in [0, 0.1) is 0 Å². The zero-order valence-corrected chi connectivity index (χ0v) is 12.3. The van der Waals surface area contributed by atoms with E-state index in [4.69, 9.17) is 17.3 Å². The topological polar surface area (TPSA) is 72.2 Å². The van der Waals surface area contributed by atoms with Crippen molar-refractivity contribution >= 4 is 39.8 Å². The number of halogens is 1. The second kappa shape index (κ2) is 6.07. The van der Waals surface area contributed by atoms with Crippen molar-refractivity contribution < 1.29 is 9.59 Å². The van der Waals surface area contributed by atoms with Crippen molar-refractivity contribution in [2.45, 2.75) is 12.3 Å². The summed E-state index contributed by atoms with van der Waals surface area (Å²) in [5.41, 5.74) is 6.59. The Labute approximate surface area is 125 Å². The molecular formula is C14H13ClN2O2S. The summed E-state index contributed by atoms with van der Waals surface area (Å²) in [5.74, 6) is -0.948. The molecule has 2 amide bonds. The van der Waals surface area contributed by atoms with Gasteiger partial charge in [0.25, 0.3) is 5.91 Å². The predicted molar refractivity (Wildman–Crippen MR) is 82.2 cm³/mol. The minimum Gasteiger partial charge on any atom is -0.366 e. The molecule has 0 unspecified atom stereocenters. The van der Waals surface area contributed by atoms with Crippen LogP contribution >= 0.6 is 22.9 Å². The number of nitrogens with two attached hydrogens (primary N) is 1. The molecule has 20 heavy (non-hydrogen) atoms. The number of hydrogen-bond acceptors (Lipinski definition) is 3. The lowest BCUT2D eigenvalue weighted by molar-refractivity contribution is -0.115. The summed E-state index contributed by atoms with van der Waals surface area (Å²) in [6, 6.07) is 11.2. The molecule has 0 bridgehead atoms. The van der Waals surface area contributed by atoms with Crippen LogP contribution in [0.2, 0.25) is 0 Å². The Morgan fingerprint density at radius 1 is 1.30 bits per heavy atom. The molecule has 0 saturated carbocycles. The first-order valence-corrected chi connectivity index (χ1v) is 7.18. The van der Waals surface area contributed by atoms with Crippen LogP contribution in [0.5, 0.6) is 0 Å². The summed E-state index contributed by atoms with van der Waals surface area (Å²) in [5, 5.41) is 2.37. The van der Waals surface area contributed by atoms with Crippen LogP contribution in [0.1, 0.15) is 17.3 Å². The third-order valence-electron chi connectivity index (χ3n) is 2.65. The Morgan fingerprint density at radius 3 is 2.50 bits per heavy atom. The Morgan fingerprint density at radius 2 is 1.95 bits per heavy atom. The number of primary amides is 1. The fraction of sp³-hybridized carbons (Fsp3) is 0.143. The van der Waals surface area contributed by atoms with Crippen molar-refractivity contribution in [1.29, 1.82) is 0 Å². The molecule has 0 aliphatic carbocycles. The summed E-state index contributed by atoms with van der Waals surface area (Å²) in [6.07, 6.45) is 0. The Balaban J connectivity index is 2.39. The van der Waals surface area contributed by atoms with Crippen LogP contribution < -0.4 is 11.1 Å². The molecule has 2 rings (SSSR count). The van der Waals surface area contributed by atoms with Crippen molar-refractivity contribution in [2.75, 3.05) is 5.32 Å². The third kappa shape index (κ3) is 3.18. The normalized spacial score (nSPS) is 11.9. The lowest BCUT2D eigenvalue weighted by atomic mass is 10.1. The number of nitrogens with one attached hydrogen (secondary N) is 1. The van der Waals surface area contributed by atoms with Gasteiger partial charge in [0, 0.05) is 4.88 Å². The first-order valence-electron chi connectivity index (χ1n) is 5.93. The third-order valence-corrected chi connectivity index (χ3v) is 3.95. The molecule has 2 aromatic rings. The molecule has 0 radical (unpaired) electrons. The highest BCUT2D eigenvalue weighted by molar-refractivity contribution is 7.20. The van der Waals surface area contributed by atoms with E-state index in [1.165, 1.54) is 11.3 Å². The fourth-order valence-electron chi connectivity index (χ4n) is 1.62. The first-order chi connectivity index (χ1) is 9.49. The summed E-state index contributed by atoms with van der Waals surface area (Å²) in [6.45, 7) is 1.56. The molecule has 1 heterocycles. The molecule has 1 aromatic carbocycles. The average molecular weight is 309 g/mol. The van der Waals surface area contributed by atoms with Crippen LogP contribution in [0.15, 0.2) is 36.4 Å². The molecule has 1 atom stereocenters. The molecule has 104 valence electrons. The standard InChI is InChI=1S/C14H13ClN2O2S/c1-8(15)13(19)17-14-10(12(16)18)7-11(20-14)9-5-3-2-4-6-9/h2-8H,1H3,(H2,16,18)(H,17,19)/t8-/m0/s1. The van der Waals surface area contributed by atoms with Gasteiger partial charge in [0.15, 0.2) is 0 Å². The van der Waals surface area contributed by atoms with E-state index in [0.29, 0.717) is 10.6 Å². The van der Waals surface area contributed by atoms with E-state index in [1.807, 2.05) is 30.3 Å². The smallest absolute Gasteiger partial charge is 0.251 e. The van der Waals surface area contributed by atoms with E-state index in [1.54, 1.807) is 13.0 Å². The van der Waals surface area contributed by atoms with Gasteiger partial charge in [-0.3, -0.25) is 9.59 Å². The second-order valence-corrected chi connectivity index (χ2v) is 5.90. The van der Waals surface area contributed by atoms with Crippen molar-refractivity contribution in [3.05, 3.63) is 42.0 Å². The van der Waals surface area contributed by atoms with Crippen LogP contribution in [-0.2, 0) is 4.79 Å². The van der Waals surface area contributed by atoms with Crippen LogP contribution in [0.3, 0.4) is 0 Å². The number of thiophene rings is 1. The molecule has 0 aliphatic rings. The summed E-state index contributed by atoms with van der Waals surface area (Å²) < 4.78 is 0. The number of rotatable bonds is 4. The fourth-order valence-corrected chi connectivity index (χ4v) is 2.75. The minimum absolute atomic E-state index is 0.291. The van der Waals surface area contributed by atoms with Crippen molar-refractivity contribution in [2.24, 2.45) is 5.73 Å². The number of hydrogen-bond donors (Lipinski definition) is 2. The molecule has 6 heteroatoms. The van der Waals surface area contributed by atoms with Gasteiger partial charge in [0.1, 0.15) is 10.4 Å². The van der Waals surface area contributed by atoms with Gasteiger partial charge in [-0.25, -0.2) is 0 Å². The van der Waals surface area contributed by atoms with E-state index in [-0.39, 0.29) is 5.91 Å². The number of amides is 2. The van der Waals surface area contributed by atoms with E-state index in [2.05, 4.69) is 5.32 Å². The van der Waals surface area contributed by atoms with Crippen molar-refractivity contribution in [1.82, 2.24) is 0 Å². The highest BCUT2D eigenvalue weighted by Gasteiger charge is 2.18. The monoisotopic (exact) mass is 308 g/mol. The largest absolute Gasteiger partial charge is 0.366 e. The number of carbonyl (C=O) groups is 2. The average Bonchev–Trinajstić information content (AvgIpc) is 2.83. The lowest BCUT2D eigenvalue weighted by Crippen LogP contribution is -2.22. The maximum atomic E-state index is 11.6. The highest BCUT2D eigenvalue weighted by atomic mass is 35.5. The van der Waals surface area contributed by atoms with E-state index in [9.17, 15) is 9.59 Å². The predicted octanol–water partition coefficient (Wildman–Crippen LogP) is 3.08. The Hall–Kier alpha value is -1.85. The van der Waals surface area contributed by atoms with Crippen LogP contribution in [-0.4, -0.2) is 17.2 Å². The molecule has 0 saturated heterocycles. The van der Waals surface area contributed by atoms with Crippen molar-refractivity contribution in [3.63, 3.8) is 0 Å². The van der Waals surface area contributed by atoms with Gasteiger partial charge < -0.3 is 11.1 Å². The van der Waals surface area contributed by atoms with Gasteiger partial charge in [-0.05, 0) is 18.6 Å². The zero-order chi connectivity index (χ0) is 14.7. The molecule has 3 N–H and O–H groups in total. The number of carbonyl (C=O) groups excluding carboxylic acids is 2. The Kier molecular flexibility index (Phi) is 4.42. The second-order valence-electron chi connectivity index (χ2n) is 4.19. The summed E-state index contributed by atoms with van der Waals surface area (Å²) in [4.78, 5) is 24.0. The Bertz CT molecular complexity index is 638. The maximum absolute atomic E-state index is 11.6. The van der Waals surface area contributed by atoms with E-state index >= 15 is 0 Å². The summed E-state index contributed by atoms with van der Waals surface area (Å²) in [7, 11) is 0. The molecule has 0 fully saturated rings. The van der Waals surface area contributed by atoms with Gasteiger partial charge in [-0.15, -0.1) is 22.9 Å². The van der Waals surface area contributed by atoms with Gasteiger partial charge in [-0.1, -0.05) is 30.3 Å². The lowest BCUT2D eigenvalue weighted by Gasteiger charge is -2.05. The van der Waals surface area contributed by atoms with Gasteiger partial charge >= 0.3 is 0 Å². The molecule has 4 nitrogen and oxygen atoms in total. The summed E-state index contributed by atoms with van der Waals surface area (Å²) >= 11 is 7.01. The van der Waals surface area contributed by atoms with E-state index < -0.39 is 11.3 Å². The molecule has 0 spiro atoms. The molecule has 0 aliphatic heterocycles. The first kappa shape index (κ1) is 14.6. The van der Waals surface area contributed by atoms with E-state index in [0.717, 1.165) is 10.4 Å². The molecule has 1 aromatic heterocycles. The van der Waals surface area contributed by atoms with Gasteiger partial charge in [0.2, 0.25) is 5.91 Å². The SMILES string of the molecule is C[C@H](Cl)C(=O)Nc1sc(-c2ccccc2)cc1C(N)=O. The number of benzene rings is 1. The molecular weight excluding hydrogens is 296 g/mol. The minimum atomic E-state index is -0.682.